The molecule has 190 valence electrons. The average Bonchev–Trinajstić information content (AvgIpc) is 3.30. The van der Waals surface area contributed by atoms with Crippen LogP contribution in [-0.4, -0.2) is 41.4 Å². The Kier molecular flexibility index (Phi) is 7.63. The van der Waals surface area contributed by atoms with Crippen molar-refractivity contribution in [3.63, 3.8) is 0 Å². The number of carbonyl (C=O) groups excluding carboxylic acids is 3. The van der Waals surface area contributed by atoms with E-state index in [1.54, 1.807) is 36.4 Å². The first-order valence-corrected chi connectivity index (χ1v) is 12.2. The van der Waals surface area contributed by atoms with Crippen molar-refractivity contribution >= 4 is 45.5 Å². The van der Waals surface area contributed by atoms with Crippen LogP contribution in [0.25, 0.3) is 4.96 Å². The van der Waals surface area contributed by atoms with Crippen molar-refractivity contribution in [2.45, 2.75) is 19.8 Å². The second-order valence-electron chi connectivity index (χ2n) is 7.94. The fourth-order valence-corrected chi connectivity index (χ4v) is 4.67. The predicted molar refractivity (Wildman–Crippen MR) is 140 cm³/mol. The van der Waals surface area contributed by atoms with Gasteiger partial charge in [-0.1, -0.05) is 24.7 Å². The minimum Gasteiger partial charge on any atom is -0.497 e. The summed E-state index contributed by atoms with van der Waals surface area (Å²) in [5.41, 5.74) is 1.18. The Morgan fingerprint density at radius 2 is 1.57 bits per heavy atom. The fraction of sp³-hybridized carbons (Fsp3) is 0.192. The fourth-order valence-electron chi connectivity index (χ4n) is 3.62. The number of nitrogens with one attached hydrogen (secondary N) is 2. The van der Waals surface area contributed by atoms with E-state index in [4.69, 9.17) is 4.74 Å². The van der Waals surface area contributed by atoms with Crippen molar-refractivity contribution < 1.29 is 23.9 Å². The van der Waals surface area contributed by atoms with E-state index in [1.165, 1.54) is 32.4 Å². The van der Waals surface area contributed by atoms with Gasteiger partial charge in [0, 0.05) is 23.1 Å². The van der Waals surface area contributed by atoms with Crippen LogP contribution >= 0.6 is 11.3 Å². The summed E-state index contributed by atoms with van der Waals surface area (Å²) in [7, 11) is 2.81. The maximum atomic E-state index is 13.4. The Morgan fingerprint density at radius 1 is 0.946 bits per heavy atom. The topological polar surface area (TPSA) is 128 Å². The van der Waals surface area contributed by atoms with E-state index < -0.39 is 23.3 Å². The molecule has 2 heterocycles. The number of benzene rings is 2. The van der Waals surface area contributed by atoms with Gasteiger partial charge in [-0.3, -0.25) is 14.4 Å². The number of nitrogens with zero attached hydrogens (tertiary/aromatic N) is 2. The molecule has 0 radical (unpaired) electrons. The first-order chi connectivity index (χ1) is 17.8. The van der Waals surface area contributed by atoms with Gasteiger partial charge in [-0.15, -0.1) is 0 Å². The molecule has 0 bridgehead atoms. The Bertz CT molecular complexity index is 1520. The van der Waals surface area contributed by atoms with Gasteiger partial charge in [0.25, 0.3) is 17.4 Å². The van der Waals surface area contributed by atoms with Gasteiger partial charge in [-0.05, 0) is 55.0 Å². The van der Waals surface area contributed by atoms with E-state index in [0.29, 0.717) is 34.8 Å². The van der Waals surface area contributed by atoms with Gasteiger partial charge < -0.3 is 20.1 Å². The van der Waals surface area contributed by atoms with E-state index in [0.717, 1.165) is 22.2 Å². The molecule has 0 aliphatic carbocycles. The van der Waals surface area contributed by atoms with Gasteiger partial charge in [0.2, 0.25) is 0 Å². The molecule has 0 atom stereocenters. The van der Waals surface area contributed by atoms with Gasteiger partial charge in [0.15, 0.2) is 4.96 Å². The zero-order valence-corrected chi connectivity index (χ0v) is 21.2. The van der Waals surface area contributed by atoms with E-state index in [-0.39, 0.29) is 15.5 Å². The first kappa shape index (κ1) is 25.6. The van der Waals surface area contributed by atoms with Crippen LogP contribution in [-0.2, 0) is 11.2 Å². The Hall–Kier alpha value is -4.51. The zero-order chi connectivity index (χ0) is 26.5. The van der Waals surface area contributed by atoms with Gasteiger partial charge in [-0.25, -0.2) is 14.2 Å². The molecule has 4 rings (SSSR count). The molecule has 0 fully saturated rings. The summed E-state index contributed by atoms with van der Waals surface area (Å²) < 4.78 is 11.0. The highest BCUT2D eigenvalue weighted by atomic mass is 32.1. The molecule has 2 aromatic heterocycles. The maximum absolute atomic E-state index is 13.4. The number of methoxy groups -OCH3 is 2. The highest BCUT2D eigenvalue weighted by Gasteiger charge is 2.26. The van der Waals surface area contributed by atoms with Crippen LogP contribution in [0.2, 0.25) is 0 Å². The Labute approximate surface area is 215 Å². The smallest absolute Gasteiger partial charge is 0.337 e. The molecule has 2 amide bonds. The molecule has 4 aromatic rings. The Balaban J connectivity index is 1.73. The number of thiazole rings is 1. The molecule has 2 aromatic carbocycles. The molecule has 0 unspecified atom stereocenters. The van der Waals surface area contributed by atoms with Gasteiger partial charge in [0.1, 0.15) is 16.3 Å². The maximum Gasteiger partial charge on any atom is 0.337 e. The number of anilines is 2. The standard InChI is InChI=1S/C26H24N4O6S/c1-4-5-18-14-20(31)30-21(23(32)27-17-10-12-19(35-2)13-11-17)22(37-26(30)29-18)24(33)28-16-8-6-15(7-9-16)25(34)36-3/h6-14H,4-5H2,1-3H3,(H,27,32)(H,28,33). The quantitative estimate of drug-likeness (QED) is 0.336. The molecular formula is C26H24N4O6S. The van der Waals surface area contributed by atoms with Crippen molar-refractivity contribution in [1.29, 1.82) is 0 Å². The van der Waals surface area contributed by atoms with E-state index in [9.17, 15) is 19.2 Å². The third-order valence-electron chi connectivity index (χ3n) is 5.41. The Morgan fingerprint density at radius 3 is 2.16 bits per heavy atom. The monoisotopic (exact) mass is 520 g/mol. The highest BCUT2D eigenvalue weighted by Crippen LogP contribution is 2.25. The number of ether oxygens (including phenoxy) is 2. The number of hydrogen-bond donors (Lipinski definition) is 2. The largest absolute Gasteiger partial charge is 0.497 e. The number of aryl methyl sites for hydroxylation is 1. The molecule has 0 spiro atoms. The molecule has 2 N–H and O–H groups in total. The summed E-state index contributed by atoms with van der Waals surface area (Å²) in [6, 6.07) is 14.1. The molecule has 0 saturated heterocycles. The first-order valence-electron chi connectivity index (χ1n) is 11.3. The minimum absolute atomic E-state index is 0.0151. The van der Waals surface area contributed by atoms with Crippen LogP contribution in [0.1, 0.15) is 49.6 Å². The summed E-state index contributed by atoms with van der Waals surface area (Å²) in [5, 5.41) is 5.45. The van der Waals surface area contributed by atoms with E-state index in [1.807, 2.05) is 6.92 Å². The molecule has 10 nitrogen and oxygen atoms in total. The summed E-state index contributed by atoms with van der Waals surface area (Å²) in [6.45, 7) is 1.97. The lowest BCUT2D eigenvalue weighted by atomic mass is 10.2. The molecular weight excluding hydrogens is 496 g/mol. The SMILES string of the molecule is CCCc1cc(=O)n2c(C(=O)Nc3ccc(OC)cc3)c(C(=O)Nc3ccc(C(=O)OC)cc3)sc2n1. The van der Waals surface area contributed by atoms with Crippen LogP contribution in [0.4, 0.5) is 11.4 Å². The lowest BCUT2D eigenvalue weighted by molar-refractivity contribution is 0.0600. The van der Waals surface area contributed by atoms with Crippen LogP contribution in [0, 0.1) is 0 Å². The van der Waals surface area contributed by atoms with Crippen LogP contribution in [0.15, 0.2) is 59.4 Å². The molecule has 0 aliphatic rings. The number of fused-ring (bicyclic) bond motifs is 1. The molecule has 0 saturated carbocycles. The normalized spacial score (nSPS) is 10.7. The second kappa shape index (κ2) is 11.0. The zero-order valence-electron chi connectivity index (χ0n) is 20.4. The van der Waals surface area contributed by atoms with Gasteiger partial charge in [-0.2, -0.15) is 0 Å². The van der Waals surface area contributed by atoms with Crippen LogP contribution < -0.4 is 20.9 Å². The molecule has 11 heteroatoms. The number of amides is 2. The summed E-state index contributed by atoms with van der Waals surface area (Å²) in [4.78, 5) is 56.1. The summed E-state index contributed by atoms with van der Waals surface area (Å²) in [5.74, 6) is -1.14. The van der Waals surface area contributed by atoms with Crippen molar-refractivity contribution in [2.75, 3.05) is 24.9 Å². The van der Waals surface area contributed by atoms with E-state index in [2.05, 4.69) is 20.4 Å². The van der Waals surface area contributed by atoms with Gasteiger partial charge >= 0.3 is 5.97 Å². The van der Waals surface area contributed by atoms with Crippen LogP contribution in [0.3, 0.4) is 0 Å². The lowest BCUT2D eigenvalue weighted by Crippen LogP contribution is -2.25. The van der Waals surface area contributed by atoms with Crippen molar-refractivity contribution in [3.8, 4) is 5.75 Å². The number of hydrogen-bond acceptors (Lipinski definition) is 8. The average molecular weight is 521 g/mol. The minimum atomic E-state index is -0.644. The highest BCUT2D eigenvalue weighted by molar-refractivity contribution is 7.19. The molecule has 37 heavy (non-hydrogen) atoms. The summed E-state index contributed by atoms with van der Waals surface area (Å²) >= 11 is 0.947. The van der Waals surface area contributed by atoms with Gasteiger partial charge in [0.05, 0.1) is 19.8 Å². The number of carbonyl (C=O) groups is 3. The number of aromatic nitrogens is 2. The van der Waals surface area contributed by atoms with Crippen molar-refractivity contribution in [3.05, 3.63) is 86.8 Å². The summed E-state index contributed by atoms with van der Waals surface area (Å²) in [6.07, 6.45) is 1.37. The second-order valence-corrected chi connectivity index (χ2v) is 8.92. The van der Waals surface area contributed by atoms with Crippen molar-refractivity contribution in [2.24, 2.45) is 0 Å². The predicted octanol–water partition coefficient (Wildman–Crippen LogP) is 4.01. The third kappa shape index (κ3) is 5.51. The van der Waals surface area contributed by atoms with Crippen LogP contribution in [0.5, 0.6) is 5.75 Å². The van der Waals surface area contributed by atoms with Crippen molar-refractivity contribution in [1.82, 2.24) is 9.38 Å². The van der Waals surface area contributed by atoms with E-state index >= 15 is 0 Å². The number of esters is 1. The molecule has 0 aliphatic heterocycles. The third-order valence-corrected chi connectivity index (χ3v) is 6.45. The lowest BCUT2D eigenvalue weighted by Gasteiger charge is -2.09. The number of rotatable bonds is 8.